The molecule has 0 bridgehead atoms. The molecule has 1 aromatic carbocycles. The highest BCUT2D eigenvalue weighted by atomic mass is 19.1. The highest BCUT2D eigenvalue weighted by molar-refractivity contribution is 5.59. The summed E-state index contributed by atoms with van der Waals surface area (Å²) in [5, 5.41) is 3.18. The third-order valence-electron chi connectivity index (χ3n) is 3.09. The van der Waals surface area contributed by atoms with Gasteiger partial charge in [0.15, 0.2) is 5.82 Å². The summed E-state index contributed by atoms with van der Waals surface area (Å²) in [5.41, 5.74) is 7.88. The number of nitrogen functional groups attached to an aromatic ring is 1. The van der Waals surface area contributed by atoms with Gasteiger partial charge in [-0.2, -0.15) is 0 Å². The lowest BCUT2D eigenvalue weighted by atomic mass is 10.1. The number of nitrogens with zero attached hydrogens (tertiary/aromatic N) is 2. The zero-order valence-electron chi connectivity index (χ0n) is 10.1. The van der Waals surface area contributed by atoms with E-state index in [1.54, 1.807) is 0 Å². The Morgan fingerprint density at radius 1 is 1.11 bits per heavy atom. The molecule has 1 aromatic heterocycles. The van der Waals surface area contributed by atoms with Crippen molar-refractivity contribution in [1.82, 2.24) is 15.3 Å². The number of anilines is 1. The van der Waals surface area contributed by atoms with Crippen LogP contribution in [0.5, 0.6) is 0 Å². The molecule has 0 amide bonds. The summed E-state index contributed by atoms with van der Waals surface area (Å²) in [6, 6.07) is 3.21. The Kier molecular flexibility index (Phi) is 2.87. The number of hydrogen-bond acceptors (Lipinski definition) is 4. The SMILES string of the molecule is Nc1nc(-c2cc(F)cc(F)c2)nc2c1CNCC2. The Morgan fingerprint density at radius 2 is 1.84 bits per heavy atom. The van der Waals surface area contributed by atoms with Crippen LogP contribution in [0.3, 0.4) is 0 Å². The van der Waals surface area contributed by atoms with Crippen molar-refractivity contribution in [3.8, 4) is 11.4 Å². The summed E-state index contributed by atoms with van der Waals surface area (Å²) >= 11 is 0. The van der Waals surface area contributed by atoms with E-state index in [0.717, 1.165) is 30.3 Å². The molecule has 3 rings (SSSR count). The highest BCUT2D eigenvalue weighted by Crippen LogP contribution is 2.24. The van der Waals surface area contributed by atoms with Crippen molar-refractivity contribution >= 4 is 5.82 Å². The fraction of sp³-hybridized carbons (Fsp3) is 0.231. The number of benzene rings is 1. The molecule has 2 heterocycles. The molecule has 3 N–H and O–H groups in total. The predicted molar refractivity (Wildman–Crippen MR) is 67.2 cm³/mol. The van der Waals surface area contributed by atoms with Crippen LogP contribution < -0.4 is 11.1 Å². The maximum absolute atomic E-state index is 13.2. The average molecular weight is 262 g/mol. The van der Waals surface area contributed by atoms with Gasteiger partial charge in [-0.3, -0.25) is 0 Å². The van der Waals surface area contributed by atoms with E-state index in [9.17, 15) is 8.78 Å². The van der Waals surface area contributed by atoms with Crippen molar-refractivity contribution in [1.29, 1.82) is 0 Å². The minimum absolute atomic E-state index is 0.261. The molecule has 98 valence electrons. The largest absolute Gasteiger partial charge is 0.383 e. The first kappa shape index (κ1) is 12.0. The van der Waals surface area contributed by atoms with Crippen LogP contribution in [0.15, 0.2) is 18.2 Å². The highest BCUT2D eigenvalue weighted by Gasteiger charge is 2.17. The molecule has 0 fully saturated rings. The van der Waals surface area contributed by atoms with Crippen molar-refractivity contribution < 1.29 is 8.78 Å². The number of fused-ring (bicyclic) bond motifs is 1. The summed E-state index contributed by atoms with van der Waals surface area (Å²) in [5.74, 6) is -0.693. The average Bonchev–Trinajstić information content (AvgIpc) is 2.37. The zero-order chi connectivity index (χ0) is 13.4. The zero-order valence-corrected chi connectivity index (χ0v) is 10.1. The summed E-state index contributed by atoms with van der Waals surface area (Å²) in [7, 11) is 0. The van der Waals surface area contributed by atoms with Gasteiger partial charge in [0, 0.05) is 36.7 Å². The molecule has 0 saturated heterocycles. The fourth-order valence-electron chi connectivity index (χ4n) is 2.18. The summed E-state index contributed by atoms with van der Waals surface area (Å²) in [4.78, 5) is 8.49. The van der Waals surface area contributed by atoms with Crippen LogP contribution in [-0.2, 0) is 13.0 Å². The number of hydrogen-bond donors (Lipinski definition) is 2. The van der Waals surface area contributed by atoms with E-state index in [4.69, 9.17) is 5.73 Å². The second kappa shape index (κ2) is 4.55. The van der Waals surface area contributed by atoms with Crippen LogP contribution in [0.2, 0.25) is 0 Å². The third-order valence-corrected chi connectivity index (χ3v) is 3.09. The van der Waals surface area contributed by atoms with Gasteiger partial charge in [-0.05, 0) is 12.1 Å². The van der Waals surface area contributed by atoms with E-state index in [1.807, 2.05) is 0 Å². The van der Waals surface area contributed by atoms with Crippen molar-refractivity contribution in [2.24, 2.45) is 0 Å². The molecule has 0 radical (unpaired) electrons. The third kappa shape index (κ3) is 2.26. The van der Waals surface area contributed by atoms with Gasteiger partial charge < -0.3 is 11.1 Å². The molecule has 0 aliphatic carbocycles. The standard InChI is InChI=1S/C13H12F2N4/c14-8-3-7(4-9(15)5-8)13-18-11-1-2-17-6-10(11)12(16)19-13/h3-5,17H,1-2,6H2,(H2,16,18,19). The van der Waals surface area contributed by atoms with Crippen LogP contribution in [-0.4, -0.2) is 16.5 Å². The molecule has 1 aliphatic rings. The lowest BCUT2D eigenvalue weighted by molar-refractivity contribution is 0.583. The molecule has 0 atom stereocenters. The van der Waals surface area contributed by atoms with Gasteiger partial charge in [0.05, 0.1) is 5.69 Å². The second-order valence-electron chi connectivity index (χ2n) is 4.44. The minimum Gasteiger partial charge on any atom is -0.383 e. The minimum atomic E-state index is -0.656. The van der Waals surface area contributed by atoms with Crippen molar-refractivity contribution in [2.75, 3.05) is 12.3 Å². The Labute approximate surface area is 108 Å². The molecule has 0 spiro atoms. The maximum Gasteiger partial charge on any atom is 0.161 e. The van der Waals surface area contributed by atoms with Gasteiger partial charge in [-0.25, -0.2) is 18.7 Å². The topological polar surface area (TPSA) is 63.8 Å². The summed E-state index contributed by atoms with van der Waals surface area (Å²) in [6.07, 6.45) is 0.729. The molecule has 1 aliphatic heterocycles. The smallest absolute Gasteiger partial charge is 0.161 e. The Balaban J connectivity index is 2.12. The van der Waals surface area contributed by atoms with E-state index in [-0.39, 0.29) is 5.82 Å². The molecule has 0 saturated carbocycles. The molecule has 0 unspecified atom stereocenters. The normalized spacial score (nSPS) is 14.2. The van der Waals surface area contributed by atoms with E-state index in [1.165, 1.54) is 12.1 Å². The molecular formula is C13H12F2N4. The summed E-state index contributed by atoms with van der Waals surface area (Å²) in [6.45, 7) is 1.43. The molecule has 6 heteroatoms. The van der Waals surface area contributed by atoms with Gasteiger partial charge in [0.2, 0.25) is 0 Å². The van der Waals surface area contributed by atoms with Crippen LogP contribution in [0.25, 0.3) is 11.4 Å². The lowest BCUT2D eigenvalue weighted by Gasteiger charge is -2.18. The number of halogens is 2. The van der Waals surface area contributed by atoms with E-state index in [0.29, 0.717) is 17.9 Å². The first-order valence-electron chi connectivity index (χ1n) is 5.96. The monoisotopic (exact) mass is 262 g/mol. The van der Waals surface area contributed by atoms with Crippen molar-refractivity contribution in [2.45, 2.75) is 13.0 Å². The quantitative estimate of drug-likeness (QED) is 0.820. The van der Waals surface area contributed by atoms with Gasteiger partial charge in [-0.15, -0.1) is 0 Å². The van der Waals surface area contributed by atoms with Gasteiger partial charge in [0.25, 0.3) is 0 Å². The Morgan fingerprint density at radius 3 is 2.58 bits per heavy atom. The Hall–Kier alpha value is -2.08. The number of aromatic nitrogens is 2. The maximum atomic E-state index is 13.2. The van der Waals surface area contributed by atoms with Crippen LogP contribution in [0.4, 0.5) is 14.6 Å². The fourth-order valence-corrected chi connectivity index (χ4v) is 2.18. The second-order valence-corrected chi connectivity index (χ2v) is 4.44. The first-order valence-corrected chi connectivity index (χ1v) is 5.96. The predicted octanol–water partition coefficient (Wildman–Crippen LogP) is 1.65. The van der Waals surface area contributed by atoms with E-state index >= 15 is 0 Å². The Bertz CT molecular complexity index is 623. The van der Waals surface area contributed by atoms with Gasteiger partial charge in [-0.1, -0.05) is 0 Å². The van der Waals surface area contributed by atoms with Gasteiger partial charge >= 0.3 is 0 Å². The number of nitrogens with one attached hydrogen (secondary N) is 1. The number of rotatable bonds is 1. The van der Waals surface area contributed by atoms with E-state index < -0.39 is 11.6 Å². The van der Waals surface area contributed by atoms with Crippen molar-refractivity contribution in [3.05, 3.63) is 41.1 Å². The van der Waals surface area contributed by atoms with Crippen molar-refractivity contribution in [3.63, 3.8) is 0 Å². The van der Waals surface area contributed by atoms with Gasteiger partial charge in [0.1, 0.15) is 17.5 Å². The molecular weight excluding hydrogens is 250 g/mol. The first-order chi connectivity index (χ1) is 9.13. The molecule has 2 aromatic rings. The van der Waals surface area contributed by atoms with Crippen LogP contribution in [0, 0.1) is 11.6 Å². The molecule has 4 nitrogen and oxygen atoms in total. The summed E-state index contributed by atoms with van der Waals surface area (Å²) < 4.78 is 26.4. The van der Waals surface area contributed by atoms with Crippen LogP contribution in [0.1, 0.15) is 11.3 Å². The number of nitrogens with two attached hydrogens (primary N) is 1. The molecule has 19 heavy (non-hydrogen) atoms. The van der Waals surface area contributed by atoms with Crippen LogP contribution >= 0.6 is 0 Å². The van der Waals surface area contributed by atoms with E-state index in [2.05, 4.69) is 15.3 Å². The lowest BCUT2D eigenvalue weighted by Crippen LogP contribution is -2.26.